The second-order valence-electron chi connectivity index (χ2n) is 4.37. The molecule has 0 aromatic heterocycles. The molecule has 7 nitrogen and oxygen atoms in total. The molecule has 0 heterocycles. The average molecular weight is 356 g/mol. The fraction of sp³-hybridized carbons (Fsp3) is 0.0714. The number of carbonyl (C=O) groups excluding carboxylic acids is 1. The molecule has 2 rings (SSSR count). The minimum atomic E-state index is -3.88. The maximum absolute atomic E-state index is 12.0. The largest absolute Gasteiger partial charge is 0.497 e. The summed E-state index contributed by atoms with van der Waals surface area (Å²) in [5.41, 5.74) is 2.48. The highest BCUT2D eigenvalue weighted by Crippen LogP contribution is 2.15. The molecular formula is C14H14ClN3O4S. The minimum Gasteiger partial charge on any atom is -0.497 e. The molecule has 0 saturated carbocycles. The Labute approximate surface area is 138 Å². The van der Waals surface area contributed by atoms with Gasteiger partial charge in [0.25, 0.3) is 10.0 Å². The van der Waals surface area contributed by atoms with E-state index >= 15 is 0 Å². The van der Waals surface area contributed by atoms with E-state index in [1.807, 2.05) is 4.83 Å². The van der Waals surface area contributed by atoms with E-state index in [0.717, 1.165) is 0 Å². The maximum Gasteiger partial charge on any atom is 0.334 e. The first kappa shape index (κ1) is 17.1. The van der Waals surface area contributed by atoms with Gasteiger partial charge in [-0.1, -0.05) is 17.7 Å². The van der Waals surface area contributed by atoms with Crippen molar-refractivity contribution >= 4 is 33.3 Å². The molecule has 0 fully saturated rings. The summed E-state index contributed by atoms with van der Waals surface area (Å²) in [4.78, 5) is 13.7. The fourth-order valence-corrected chi connectivity index (χ4v) is 2.69. The zero-order valence-corrected chi connectivity index (χ0v) is 13.6. The lowest BCUT2D eigenvalue weighted by atomic mass is 10.3. The Bertz CT molecular complexity index is 794. The van der Waals surface area contributed by atoms with Crippen LogP contribution in [0, 0.1) is 0 Å². The second-order valence-corrected chi connectivity index (χ2v) is 6.49. The van der Waals surface area contributed by atoms with Gasteiger partial charge < -0.3 is 10.1 Å². The zero-order chi connectivity index (χ0) is 16.9. The van der Waals surface area contributed by atoms with E-state index in [9.17, 15) is 13.2 Å². The van der Waals surface area contributed by atoms with Crippen LogP contribution in [0.2, 0.25) is 5.02 Å². The van der Waals surface area contributed by atoms with E-state index < -0.39 is 16.1 Å². The third-order valence-electron chi connectivity index (χ3n) is 2.75. The summed E-state index contributed by atoms with van der Waals surface area (Å²) in [5, 5.41) is 2.89. The standard InChI is InChI=1S/C14H14ClN3O4S/c1-22-12-5-7-13(8-6-12)23(20,21)18-17-14(19)16-11-4-2-3-10(15)9-11/h2-9,18H,1H3,(H2,16,17,19). The summed E-state index contributed by atoms with van der Waals surface area (Å²) in [6, 6.07) is 11.4. The molecule has 122 valence electrons. The van der Waals surface area contributed by atoms with Crippen LogP contribution in [0.3, 0.4) is 0 Å². The van der Waals surface area contributed by atoms with Crippen molar-refractivity contribution in [3.05, 3.63) is 53.6 Å². The number of ether oxygens (including phenoxy) is 1. The molecule has 0 aliphatic heterocycles. The Hall–Kier alpha value is -2.29. The van der Waals surface area contributed by atoms with Gasteiger partial charge in [-0.05, 0) is 42.5 Å². The number of sulfonamides is 1. The topological polar surface area (TPSA) is 96.5 Å². The Balaban J connectivity index is 1.96. The Morgan fingerprint density at radius 2 is 1.83 bits per heavy atom. The van der Waals surface area contributed by atoms with Gasteiger partial charge in [-0.3, -0.25) is 5.43 Å². The van der Waals surface area contributed by atoms with Crippen LogP contribution in [-0.2, 0) is 10.0 Å². The summed E-state index contributed by atoms with van der Waals surface area (Å²) in [6.45, 7) is 0. The Morgan fingerprint density at radius 3 is 2.43 bits per heavy atom. The lowest BCUT2D eigenvalue weighted by Gasteiger charge is -2.10. The summed E-state index contributed by atoms with van der Waals surface area (Å²) < 4.78 is 29.0. The van der Waals surface area contributed by atoms with Crippen molar-refractivity contribution in [3.63, 3.8) is 0 Å². The molecule has 0 atom stereocenters. The highest BCUT2D eigenvalue weighted by Gasteiger charge is 2.15. The van der Waals surface area contributed by atoms with Gasteiger partial charge >= 0.3 is 6.03 Å². The van der Waals surface area contributed by atoms with Crippen LogP contribution in [0.4, 0.5) is 10.5 Å². The minimum absolute atomic E-state index is 0.0126. The average Bonchev–Trinajstić information content (AvgIpc) is 2.53. The van der Waals surface area contributed by atoms with Crippen LogP contribution >= 0.6 is 11.6 Å². The number of anilines is 1. The van der Waals surface area contributed by atoms with Crippen molar-refractivity contribution in [2.45, 2.75) is 4.90 Å². The molecule has 0 unspecified atom stereocenters. The molecule has 3 N–H and O–H groups in total. The van der Waals surface area contributed by atoms with Gasteiger partial charge in [-0.25, -0.2) is 13.2 Å². The number of nitrogens with one attached hydrogen (secondary N) is 3. The van der Waals surface area contributed by atoms with Gasteiger partial charge in [0.05, 0.1) is 12.0 Å². The highest BCUT2D eigenvalue weighted by molar-refractivity contribution is 7.89. The van der Waals surface area contributed by atoms with Crippen molar-refractivity contribution in [3.8, 4) is 5.75 Å². The first-order chi connectivity index (χ1) is 10.9. The summed E-state index contributed by atoms with van der Waals surface area (Å²) in [7, 11) is -2.41. The molecule has 0 aliphatic rings. The first-order valence-corrected chi connectivity index (χ1v) is 8.25. The van der Waals surface area contributed by atoms with Crippen LogP contribution in [0.5, 0.6) is 5.75 Å². The van der Waals surface area contributed by atoms with Crippen LogP contribution < -0.4 is 20.3 Å². The van der Waals surface area contributed by atoms with Crippen LogP contribution in [0.1, 0.15) is 0 Å². The molecule has 0 spiro atoms. The lowest BCUT2D eigenvalue weighted by molar-refractivity contribution is 0.250. The van der Waals surface area contributed by atoms with Gasteiger partial charge in [-0.15, -0.1) is 4.83 Å². The van der Waals surface area contributed by atoms with Gasteiger partial charge in [0.15, 0.2) is 0 Å². The third-order valence-corrected chi connectivity index (χ3v) is 4.25. The van der Waals surface area contributed by atoms with Crippen molar-refractivity contribution in [1.82, 2.24) is 10.3 Å². The molecule has 2 aromatic rings. The Morgan fingerprint density at radius 1 is 1.13 bits per heavy atom. The van der Waals surface area contributed by atoms with E-state index in [1.165, 1.54) is 37.4 Å². The molecule has 23 heavy (non-hydrogen) atoms. The number of hydrogen-bond acceptors (Lipinski definition) is 4. The summed E-state index contributed by atoms with van der Waals surface area (Å²) in [6.07, 6.45) is 0. The van der Waals surface area contributed by atoms with Crippen LogP contribution in [0.15, 0.2) is 53.4 Å². The zero-order valence-electron chi connectivity index (χ0n) is 12.0. The molecule has 9 heteroatoms. The van der Waals surface area contributed by atoms with E-state index in [2.05, 4.69) is 10.7 Å². The second kappa shape index (κ2) is 7.32. The van der Waals surface area contributed by atoms with E-state index in [1.54, 1.807) is 18.2 Å². The molecule has 0 bridgehead atoms. The predicted molar refractivity (Wildman–Crippen MR) is 86.9 cm³/mol. The molecule has 0 saturated heterocycles. The van der Waals surface area contributed by atoms with Crippen LogP contribution in [-0.4, -0.2) is 21.6 Å². The molecule has 0 radical (unpaired) electrons. The monoisotopic (exact) mass is 355 g/mol. The van der Waals surface area contributed by atoms with Crippen molar-refractivity contribution in [2.75, 3.05) is 12.4 Å². The fourth-order valence-electron chi connectivity index (χ4n) is 1.66. The summed E-state index contributed by atoms with van der Waals surface area (Å²) in [5.74, 6) is 0.524. The number of rotatable bonds is 5. The Kier molecular flexibility index (Phi) is 5.43. The quantitative estimate of drug-likeness (QED) is 0.717. The van der Waals surface area contributed by atoms with E-state index in [0.29, 0.717) is 16.5 Å². The lowest BCUT2D eigenvalue weighted by Crippen LogP contribution is -2.43. The smallest absolute Gasteiger partial charge is 0.334 e. The first-order valence-electron chi connectivity index (χ1n) is 6.39. The van der Waals surface area contributed by atoms with Crippen molar-refractivity contribution < 1.29 is 17.9 Å². The van der Waals surface area contributed by atoms with E-state index in [-0.39, 0.29) is 4.90 Å². The van der Waals surface area contributed by atoms with Gasteiger partial charge in [0.1, 0.15) is 5.75 Å². The molecule has 2 aromatic carbocycles. The SMILES string of the molecule is COc1ccc(S(=O)(=O)NNC(=O)Nc2cccc(Cl)c2)cc1. The summed E-state index contributed by atoms with van der Waals surface area (Å²) >= 11 is 5.79. The number of hydrazine groups is 1. The van der Waals surface area contributed by atoms with E-state index in [4.69, 9.17) is 16.3 Å². The van der Waals surface area contributed by atoms with Crippen molar-refractivity contribution in [1.29, 1.82) is 0 Å². The van der Waals surface area contributed by atoms with Crippen LogP contribution in [0.25, 0.3) is 0 Å². The number of halogens is 1. The number of carbonyl (C=O) groups is 1. The van der Waals surface area contributed by atoms with Gasteiger partial charge in [0, 0.05) is 10.7 Å². The predicted octanol–water partition coefficient (Wildman–Crippen LogP) is 2.36. The normalized spacial score (nSPS) is 10.9. The maximum atomic E-state index is 12.0. The molecular weight excluding hydrogens is 342 g/mol. The van der Waals surface area contributed by atoms with Gasteiger partial charge in [-0.2, -0.15) is 0 Å². The number of hydrogen-bond donors (Lipinski definition) is 3. The number of methoxy groups -OCH3 is 1. The third kappa shape index (κ3) is 4.85. The number of amides is 2. The molecule has 2 amide bonds. The number of urea groups is 1. The number of benzene rings is 2. The van der Waals surface area contributed by atoms with Crippen molar-refractivity contribution in [2.24, 2.45) is 0 Å². The molecule has 0 aliphatic carbocycles. The van der Waals surface area contributed by atoms with Gasteiger partial charge in [0.2, 0.25) is 0 Å². The highest BCUT2D eigenvalue weighted by atomic mass is 35.5.